The zero-order valence-corrected chi connectivity index (χ0v) is 21.7. The summed E-state index contributed by atoms with van der Waals surface area (Å²) in [6.07, 6.45) is 9.16. The SMILES string of the molecule is Cc1ccccc1-n1[c-][n+](-c2cccc(Oc3ccc4c5cc(C#N)ccc5n(-c5ccccn5)c4c3)c2)cc1. The first-order valence-corrected chi connectivity index (χ1v) is 12.9. The van der Waals surface area contributed by atoms with Crippen molar-refractivity contribution in [1.82, 2.24) is 14.1 Å². The van der Waals surface area contributed by atoms with E-state index in [1.807, 2.05) is 113 Å². The summed E-state index contributed by atoms with van der Waals surface area (Å²) in [4.78, 5) is 4.60. The van der Waals surface area contributed by atoms with Gasteiger partial charge in [-0.2, -0.15) is 5.26 Å². The Labute approximate surface area is 231 Å². The number of fused-ring (bicyclic) bond motifs is 3. The standard InChI is InChI=1S/C34H23N5O/c1-24-7-2-3-10-31(24)38-18-17-37(23-38)26-8-6-9-27(20-26)40-28-13-14-29-30-19-25(22-35)12-15-32(30)39(33(29)21-28)34-11-4-5-16-36-34/h2-21H,1H3. The number of pyridine rings is 1. The van der Waals surface area contributed by atoms with Crippen LogP contribution in [0.25, 0.3) is 39.0 Å². The van der Waals surface area contributed by atoms with Crippen molar-refractivity contribution in [3.63, 3.8) is 0 Å². The van der Waals surface area contributed by atoms with Gasteiger partial charge in [-0.05, 0) is 79.2 Å². The van der Waals surface area contributed by atoms with Crippen LogP contribution >= 0.6 is 0 Å². The number of nitriles is 1. The number of hydrogen-bond acceptors (Lipinski definition) is 3. The van der Waals surface area contributed by atoms with Crippen molar-refractivity contribution in [3.8, 4) is 34.8 Å². The molecule has 0 atom stereocenters. The van der Waals surface area contributed by atoms with Crippen LogP contribution in [0.2, 0.25) is 0 Å². The Morgan fingerprint density at radius 2 is 1.70 bits per heavy atom. The number of aromatic nitrogens is 4. The Morgan fingerprint density at radius 3 is 2.55 bits per heavy atom. The van der Waals surface area contributed by atoms with E-state index in [2.05, 4.69) is 41.0 Å². The molecule has 0 aliphatic rings. The Balaban J connectivity index is 1.27. The summed E-state index contributed by atoms with van der Waals surface area (Å²) in [5.74, 6) is 2.22. The maximum Gasteiger partial charge on any atom is 0.268 e. The minimum absolute atomic E-state index is 0.621. The van der Waals surface area contributed by atoms with E-state index in [1.165, 1.54) is 5.56 Å². The average molecular weight is 518 g/mol. The van der Waals surface area contributed by atoms with E-state index >= 15 is 0 Å². The molecule has 0 radical (unpaired) electrons. The van der Waals surface area contributed by atoms with Gasteiger partial charge in [-0.1, -0.05) is 30.3 Å². The highest BCUT2D eigenvalue weighted by molar-refractivity contribution is 6.09. The fourth-order valence-corrected chi connectivity index (χ4v) is 5.13. The third kappa shape index (κ3) is 4.07. The lowest BCUT2D eigenvalue weighted by Crippen LogP contribution is -2.28. The first-order chi connectivity index (χ1) is 19.7. The van der Waals surface area contributed by atoms with Crippen molar-refractivity contribution in [2.75, 3.05) is 0 Å². The van der Waals surface area contributed by atoms with Gasteiger partial charge in [0.15, 0.2) is 0 Å². The number of hydrogen-bond donors (Lipinski definition) is 0. The van der Waals surface area contributed by atoms with Crippen molar-refractivity contribution in [3.05, 3.63) is 139 Å². The second-order valence-electron chi connectivity index (χ2n) is 9.57. The van der Waals surface area contributed by atoms with Crippen molar-refractivity contribution < 1.29 is 9.30 Å². The monoisotopic (exact) mass is 517 g/mol. The molecule has 0 amide bonds. The lowest BCUT2D eigenvalue weighted by molar-refractivity contribution is -0.599. The van der Waals surface area contributed by atoms with Crippen molar-refractivity contribution in [2.45, 2.75) is 6.92 Å². The average Bonchev–Trinajstić information content (AvgIpc) is 3.61. The highest BCUT2D eigenvalue weighted by atomic mass is 16.5. The second kappa shape index (κ2) is 9.57. The zero-order chi connectivity index (χ0) is 27.1. The molecule has 7 rings (SSSR count). The fraction of sp³-hybridized carbons (Fsp3) is 0.0294. The second-order valence-corrected chi connectivity index (χ2v) is 9.57. The Kier molecular flexibility index (Phi) is 5.61. The van der Waals surface area contributed by atoms with Crippen LogP contribution in [0.5, 0.6) is 11.5 Å². The predicted octanol–water partition coefficient (Wildman–Crippen LogP) is 7.02. The molecule has 0 saturated carbocycles. The first-order valence-electron chi connectivity index (χ1n) is 12.9. The summed E-state index contributed by atoms with van der Waals surface area (Å²) in [7, 11) is 0. The molecular weight excluding hydrogens is 494 g/mol. The minimum Gasteiger partial charge on any atom is -0.458 e. The molecule has 0 aliphatic heterocycles. The van der Waals surface area contributed by atoms with E-state index in [9.17, 15) is 5.26 Å². The normalized spacial score (nSPS) is 11.1. The molecule has 40 heavy (non-hydrogen) atoms. The van der Waals surface area contributed by atoms with Crippen LogP contribution in [-0.2, 0) is 0 Å². The van der Waals surface area contributed by atoms with Gasteiger partial charge in [0.05, 0.1) is 34.0 Å². The molecule has 0 unspecified atom stereocenters. The van der Waals surface area contributed by atoms with Gasteiger partial charge in [-0.3, -0.25) is 13.7 Å². The first kappa shape index (κ1) is 23.4. The van der Waals surface area contributed by atoms with E-state index < -0.39 is 0 Å². The molecule has 0 aliphatic carbocycles. The van der Waals surface area contributed by atoms with E-state index in [0.29, 0.717) is 17.1 Å². The molecule has 4 aromatic carbocycles. The van der Waals surface area contributed by atoms with Crippen molar-refractivity contribution >= 4 is 21.8 Å². The van der Waals surface area contributed by atoms with E-state index in [4.69, 9.17) is 4.74 Å². The Morgan fingerprint density at radius 1 is 0.825 bits per heavy atom. The number of nitrogens with zero attached hydrogens (tertiary/aromatic N) is 5. The highest BCUT2D eigenvalue weighted by Crippen LogP contribution is 2.35. The molecule has 0 bridgehead atoms. The van der Waals surface area contributed by atoms with Gasteiger partial charge in [0.1, 0.15) is 17.3 Å². The van der Waals surface area contributed by atoms with Crippen molar-refractivity contribution in [2.24, 2.45) is 0 Å². The van der Waals surface area contributed by atoms with E-state index in [1.54, 1.807) is 6.20 Å². The number of rotatable bonds is 5. The van der Waals surface area contributed by atoms with Gasteiger partial charge in [0, 0.05) is 35.4 Å². The molecule has 0 saturated heterocycles. The lowest BCUT2D eigenvalue weighted by atomic mass is 10.1. The van der Waals surface area contributed by atoms with Crippen LogP contribution in [0.3, 0.4) is 0 Å². The van der Waals surface area contributed by atoms with Gasteiger partial charge in [-0.25, -0.2) is 4.98 Å². The number of para-hydroxylation sites is 1. The fourth-order valence-electron chi connectivity index (χ4n) is 5.13. The molecule has 6 heteroatoms. The van der Waals surface area contributed by atoms with Gasteiger partial charge in [-0.15, -0.1) is 0 Å². The Bertz CT molecular complexity index is 2060. The molecule has 0 spiro atoms. The number of ether oxygens (including phenoxy) is 1. The molecule has 7 aromatic rings. The highest BCUT2D eigenvalue weighted by Gasteiger charge is 2.15. The quantitative estimate of drug-likeness (QED) is 0.182. The molecule has 3 heterocycles. The topological polar surface area (TPSA) is 59.6 Å². The van der Waals surface area contributed by atoms with Crippen LogP contribution < -0.4 is 9.30 Å². The third-order valence-electron chi connectivity index (χ3n) is 7.03. The van der Waals surface area contributed by atoms with Gasteiger partial charge < -0.3 is 4.74 Å². The summed E-state index contributed by atoms with van der Waals surface area (Å²) in [5.41, 5.74) is 5.77. The predicted molar refractivity (Wildman–Crippen MR) is 154 cm³/mol. The van der Waals surface area contributed by atoms with E-state index in [0.717, 1.165) is 39.0 Å². The van der Waals surface area contributed by atoms with Crippen LogP contribution in [0.1, 0.15) is 11.1 Å². The molecule has 190 valence electrons. The van der Waals surface area contributed by atoms with Gasteiger partial charge >= 0.3 is 0 Å². The number of imidazole rings is 1. The van der Waals surface area contributed by atoms with E-state index in [-0.39, 0.29) is 0 Å². The summed E-state index contributed by atoms with van der Waals surface area (Å²) in [6, 6.07) is 36.1. The molecule has 6 nitrogen and oxygen atoms in total. The maximum absolute atomic E-state index is 9.48. The molecular formula is C34H23N5O. The van der Waals surface area contributed by atoms with Gasteiger partial charge in [0.25, 0.3) is 6.33 Å². The summed E-state index contributed by atoms with van der Waals surface area (Å²) >= 11 is 0. The summed E-state index contributed by atoms with van der Waals surface area (Å²) in [6.45, 7) is 2.09. The van der Waals surface area contributed by atoms with Crippen LogP contribution in [0.15, 0.2) is 122 Å². The molecule has 0 N–H and O–H groups in total. The van der Waals surface area contributed by atoms with Crippen LogP contribution in [0.4, 0.5) is 0 Å². The van der Waals surface area contributed by atoms with Crippen LogP contribution in [0, 0.1) is 24.6 Å². The number of benzene rings is 4. The van der Waals surface area contributed by atoms with Crippen molar-refractivity contribution in [1.29, 1.82) is 5.26 Å². The van der Waals surface area contributed by atoms with Gasteiger partial charge in [0.2, 0.25) is 0 Å². The maximum atomic E-state index is 9.48. The lowest BCUT2D eigenvalue weighted by Gasteiger charge is -2.10. The number of aryl methyl sites for hydroxylation is 1. The third-order valence-corrected chi connectivity index (χ3v) is 7.03. The Hall–Kier alpha value is -5.67. The molecule has 3 aromatic heterocycles. The summed E-state index contributed by atoms with van der Waals surface area (Å²) < 4.78 is 12.4. The zero-order valence-electron chi connectivity index (χ0n) is 21.7. The largest absolute Gasteiger partial charge is 0.458 e. The summed E-state index contributed by atoms with van der Waals surface area (Å²) in [5, 5.41) is 11.5. The van der Waals surface area contributed by atoms with Crippen LogP contribution in [-0.4, -0.2) is 14.1 Å². The smallest absolute Gasteiger partial charge is 0.268 e. The molecule has 0 fully saturated rings. The minimum atomic E-state index is 0.621.